The number of nitrogens with zero attached hydrogens (tertiary/aromatic N) is 3. The van der Waals surface area contributed by atoms with Crippen molar-refractivity contribution in [1.82, 2.24) is 9.55 Å². The summed E-state index contributed by atoms with van der Waals surface area (Å²) in [5.41, 5.74) is 6.78. The summed E-state index contributed by atoms with van der Waals surface area (Å²) >= 11 is 3.43. The molecule has 0 atom stereocenters. The summed E-state index contributed by atoms with van der Waals surface area (Å²) in [7, 11) is 0. The van der Waals surface area contributed by atoms with Gasteiger partial charge < -0.3 is 5.73 Å². The Kier molecular flexibility index (Phi) is 3.39. The molecule has 2 N–H and O–H groups in total. The third kappa shape index (κ3) is 2.45. The highest BCUT2D eigenvalue weighted by Crippen LogP contribution is 2.21. The van der Waals surface area contributed by atoms with Crippen molar-refractivity contribution in [2.45, 2.75) is 0 Å². The van der Waals surface area contributed by atoms with Crippen LogP contribution in [0.15, 0.2) is 58.9 Å². The van der Waals surface area contributed by atoms with Gasteiger partial charge in [-0.2, -0.15) is 0 Å². The Morgan fingerprint density at radius 2 is 2.35 bits per heavy atom. The molecule has 5 heteroatoms. The van der Waals surface area contributed by atoms with E-state index in [4.69, 9.17) is 5.73 Å². The molecule has 2 rings (SSSR count). The van der Waals surface area contributed by atoms with E-state index in [1.165, 1.54) is 6.20 Å². The van der Waals surface area contributed by atoms with Crippen LogP contribution in [0.4, 0.5) is 0 Å². The quantitative estimate of drug-likeness (QED) is 0.683. The molecule has 0 spiro atoms. The van der Waals surface area contributed by atoms with Gasteiger partial charge in [-0.25, -0.2) is 9.98 Å². The van der Waals surface area contributed by atoms with Crippen molar-refractivity contribution >= 4 is 21.9 Å². The molecule has 86 valence electrons. The SMILES string of the molecule is C=CN=C(N)n1ccnc1-c1cccc(Br)c1. The van der Waals surface area contributed by atoms with Crippen molar-refractivity contribution in [3.63, 3.8) is 0 Å². The molecule has 0 unspecified atom stereocenters. The molecule has 0 aliphatic heterocycles. The number of aromatic nitrogens is 2. The molecule has 0 radical (unpaired) electrons. The van der Waals surface area contributed by atoms with Crippen molar-refractivity contribution in [3.05, 3.63) is 53.9 Å². The number of benzene rings is 1. The Hall–Kier alpha value is -1.88. The first kappa shape index (κ1) is 11.6. The van der Waals surface area contributed by atoms with E-state index in [2.05, 4.69) is 32.5 Å². The summed E-state index contributed by atoms with van der Waals surface area (Å²) in [5, 5.41) is 0. The zero-order valence-corrected chi connectivity index (χ0v) is 10.6. The van der Waals surface area contributed by atoms with Crippen LogP contribution in [0, 0.1) is 0 Å². The second kappa shape index (κ2) is 4.97. The van der Waals surface area contributed by atoms with Gasteiger partial charge in [-0.3, -0.25) is 4.57 Å². The van der Waals surface area contributed by atoms with E-state index in [9.17, 15) is 0 Å². The minimum atomic E-state index is 0.340. The number of rotatable bonds is 2. The number of hydrogen-bond donors (Lipinski definition) is 1. The van der Waals surface area contributed by atoms with Gasteiger partial charge in [0.2, 0.25) is 5.96 Å². The van der Waals surface area contributed by atoms with E-state index >= 15 is 0 Å². The third-order valence-electron chi connectivity index (χ3n) is 2.19. The fourth-order valence-electron chi connectivity index (χ4n) is 1.49. The predicted molar refractivity (Wildman–Crippen MR) is 72.6 cm³/mol. The average Bonchev–Trinajstić information content (AvgIpc) is 2.78. The molecule has 0 saturated heterocycles. The van der Waals surface area contributed by atoms with Crippen LogP contribution >= 0.6 is 15.9 Å². The molecule has 1 heterocycles. The summed E-state index contributed by atoms with van der Waals surface area (Å²) in [6.07, 6.45) is 4.85. The van der Waals surface area contributed by atoms with Gasteiger partial charge in [0, 0.05) is 28.6 Å². The van der Waals surface area contributed by atoms with Crippen LogP contribution in [-0.2, 0) is 0 Å². The molecular weight excluding hydrogens is 280 g/mol. The van der Waals surface area contributed by atoms with Crippen molar-refractivity contribution in [2.24, 2.45) is 10.7 Å². The van der Waals surface area contributed by atoms with Crippen LogP contribution in [0.25, 0.3) is 11.4 Å². The van der Waals surface area contributed by atoms with Crippen LogP contribution in [0.1, 0.15) is 0 Å². The number of imidazole rings is 1. The molecule has 1 aromatic heterocycles. The predicted octanol–water partition coefficient (Wildman–Crippen LogP) is 2.62. The number of nitrogens with two attached hydrogens (primary N) is 1. The van der Waals surface area contributed by atoms with Crippen LogP contribution in [0.3, 0.4) is 0 Å². The van der Waals surface area contributed by atoms with Gasteiger partial charge in [-0.15, -0.1) is 0 Å². The smallest absolute Gasteiger partial charge is 0.205 e. The van der Waals surface area contributed by atoms with E-state index in [1.807, 2.05) is 24.3 Å². The molecule has 0 aliphatic rings. The van der Waals surface area contributed by atoms with E-state index in [0.29, 0.717) is 5.96 Å². The molecule has 0 fully saturated rings. The number of halogens is 1. The van der Waals surface area contributed by atoms with Gasteiger partial charge in [0.1, 0.15) is 5.82 Å². The zero-order chi connectivity index (χ0) is 12.3. The topological polar surface area (TPSA) is 56.2 Å². The Morgan fingerprint density at radius 1 is 1.53 bits per heavy atom. The first-order valence-electron chi connectivity index (χ1n) is 4.96. The van der Waals surface area contributed by atoms with E-state index in [1.54, 1.807) is 17.0 Å². The van der Waals surface area contributed by atoms with Gasteiger partial charge in [0.25, 0.3) is 0 Å². The van der Waals surface area contributed by atoms with Gasteiger partial charge in [-0.1, -0.05) is 34.6 Å². The summed E-state index contributed by atoms with van der Waals surface area (Å²) < 4.78 is 2.70. The summed E-state index contributed by atoms with van der Waals surface area (Å²) in [6.45, 7) is 3.52. The number of aliphatic imine (C=N–C) groups is 1. The lowest BCUT2D eigenvalue weighted by atomic mass is 10.2. The highest BCUT2D eigenvalue weighted by Gasteiger charge is 2.08. The Labute approximate surface area is 108 Å². The Morgan fingerprint density at radius 3 is 3.06 bits per heavy atom. The highest BCUT2D eigenvalue weighted by molar-refractivity contribution is 9.10. The maximum atomic E-state index is 5.82. The lowest BCUT2D eigenvalue weighted by Crippen LogP contribution is -2.22. The van der Waals surface area contributed by atoms with Gasteiger partial charge in [0.15, 0.2) is 0 Å². The van der Waals surface area contributed by atoms with E-state index in [-0.39, 0.29) is 0 Å². The lowest BCUT2D eigenvalue weighted by Gasteiger charge is -2.06. The maximum Gasteiger partial charge on any atom is 0.205 e. The van der Waals surface area contributed by atoms with Crippen molar-refractivity contribution in [2.75, 3.05) is 0 Å². The van der Waals surface area contributed by atoms with Crippen molar-refractivity contribution in [3.8, 4) is 11.4 Å². The minimum absolute atomic E-state index is 0.340. The Balaban J connectivity index is 2.51. The van der Waals surface area contributed by atoms with Gasteiger partial charge in [0.05, 0.1) is 0 Å². The molecule has 0 amide bonds. The monoisotopic (exact) mass is 290 g/mol. The number of hydrogen-bond acceptors (Lipinski definition) is 2. The summed E-state index contributed by atoms with van der Waals surface area (Å²) in [5.74, 6) is 1.09. The van der Waals surface area contributed by atoms with Gasteiger partial charge >= 0.3 is 0 Å². The van der Waals surface area contributed by atoms with Crippen molar-refractivity contribution in [1.29, 1.82) is 0 Å². The van der Waals surface area contributed by atoms with Crippen LogP contribution < -0.4 is 5.73 Å². The largest absolute Gasteiger partial charge is 0.369 e. The fraction of sp³-hybridized carbons (Fsp3) is 0. The minimum Gasteiger partial charge on any atom is -0.369 e. The molecule has 2 aromatic rings. The summed E-state index contributed by atoms with van der Waals surface area (Å²) in [6, 6.07) is 7.84. The average molecular weight is 291 g/mol. The first-order chi connectivity index (χ1) is 8.22. The van der Waals surface area contributed by atoms with Crippen LogP contribution in [0.5, 0.6) is 0 Å². The fourth-order valence-corrected chi connectivity index (χ4v) is 1.88. The Bertz CT molecular complexity index is 571. The molecular formula is C12H11BrN4. The van der Waals surface area contributed by atoms with E-state index in [0.717, 1.165) is 15.9 Å². The van der Waals surface area contributed by atoms with Crippen LogP contribution in [-0.4, -0.2) is 15.5 Å². The maximum absolute atomic E-state index is 5.82. The van der Waals surface area contributed by atoms with E-state index < -0.39 is 0 Å². The van der Waals surface area contributed by atoms with Crippen LogP contribution in [0.2, 0.25) is 0 Å². The molecule has 0 aliphatic carbocycles. The molecule has 17 heavy (non-hydrogen) atoms. The summed E-state index contributed by atoms with van der Waals surface area (Å²) in [4.78, 5) is 8.22. The molecule has 1 aromatic carbocycles. The van der Waals surface area contributed by atoms with Crippen molar-refractivity contribution < 1.29 is 0 Å². The zero-order valence-electron chi connectivity index (χ0n) is 9.05. The van der Waals surface area contributed by atoms with Gasteiger partial charge in [-0.05, 0) is 12.1 Å². The first-order valence-corrected chi connectivity index (χ1v) is 5.75. The standard InChI is InChI=1S/C12H11BrN4/c1-2-15-12(14)17-7-6-16-11(17)9-4-3-5-10(13)8-9/h2-8H,1H2,(H2,14,15). The lowest BCUT2D eigenvalue weighted by molar-refractivity contribution is 1.11. The molecule has 0 saturated carbocycles. The normalized spacial score (nSPS) is 11.5. The second-order valence-electron chi connectivity index (χ2n) is 3.30. The second-order valence-corrected chi connectivity index (χ2v) is 4.22. The highest BCUT2D eigenvalue weighted by atomic mass is 79.9. The third-order valence-corrected chi connectivity index (χ3v) is 2.69. The molecule has 4 nitrogen and oxygen atoms in total. The molecule has 0 bridgehead atoms.